The lowest BCUT2D eigenvalue weighted by atomic mass is 10.1. The Morgan fingerprint density at radius 2 is 1.82 bits per heavy atom. The molecule has 2 amide bonds. The number of hydrogen-bond donors (Lipinski definition) is 3. The number of carbonyl (C=O) groups is 1. The standard InChI is InChI=1S/C26H29N7O4S2/c1-32-21(10-11-28-24(32)27)22-23(38-26(31-22)33-12-14-37-15-13-33)17-4-3-5-19(16-17)30-25(34)29-18-6-8-20(9-7-18)39(2,35)36/h3-11,16,24H,12-15,27H2,1-2H3,(H2,29,30,34). The van der Waals surface area contributed by atoms with E-state index < -0.39 is 22.2 Å². The topological polar surface area (TPSA) is 142 Å². The first-order valence-electron chi connectivity index (χ1n) is 12.2. The second-order valence-corrected chi connectivity index (χ2v) is 12.1. The molecule has 5 rings (SSSR count). The van der Waals surface area contributed by atoms with Gasteiger partial charge in [0.25, 0.3) is 0 Å². The van der Waals surface area contributed by atoms with Gasteiger partial charge in [-0.2, -0.15) is 0 Å². The molecule has 1 fully saturated rings. The lowest BCUT2D eigenvalue weighted by Crippen LogP contribution is -2.38. The number of allylic oxidation sites excluding steroid dienone is 1. The Hall–Kier alpha value is -3.78. The van der Waals surface area contributed by atoms with Crippen molar-refractivity contribution in [1.82, 2.24) is 9.88 Å². The minimum Gasteiger partial charge on any atom is -0.378 e. The number of ether oxygens (including phenoxy) is 1. The van der Waals surface area contributed by atoms with Crippen LogP contribution in [0.1, 0.15) is 5.69 Å². The third-order valence-corrected chi connectivity index (χ3v) is 8.60. The van der Waals surface area contributed by atoms with Crippen molar-refractivity contribution in [3.05, 3.63) is 60.3 Å². The third-order valence-electron chi connectivity index (χ3n) is 6.31. The number of aromatic nitrogens is 1. The number of nitrogens with two attached hydrogens (primary N) is 1. The maximum absolute atomic E-state index is 12.7. The second kappa shape index (κ2) is 11.1. The van der Waals surface area contributed by atoms with Crippen molar-refractivity contribution in [3.8, 4) is 10.4 Å². The van der Waals surface area contributed by atoms with E-state index in [4.69, 9.17) is 15.5 Å². The summed E-state index contributed by atoms with van der Waals surface area (Å²) >= 11 is 1.58. The Morgan fingerprint density at radius 1 is 1.10 bits per heavy atom. The van der Waals surface area contributed by atoms with Crippen LogP contribution in [-0.4, -0.2) is 76.4 Å². The number of thiazole rings is 1. The van der Waals surface area contributed by atoms with Gasteiger partial charge in [0.05, 0.1) is 28.7 Å². The number of nitrogens with zero attached hydrogens (tertiary/aromatic N) is 4. The van der Waals surface area contributed by atoms with Gasteiger partial charge in [-0.05, 0) is 48.0 Å². The zero-order valence-corrected chi connectivity index (χ0v) is 23.1. The van der Waals surface area contributed by atoms with Crippen molar-refractivity contribution in [2.45, 2.75) is 11.2 Å². The van der Waals surface area contributed by atoms with Gasteiger partial charge in [0.2, 0.25) is 0 Å². The van der Waals surface area contributed by atoms with E-state index in [1.807, 2.05) is 36.2 Å². The van der Waals surface area contributed by atoms with Gasteiger partial charge in [-0.15, -0.1) is 0 Å². The fourth-order valence-electron chi connectivity index (χ4n) is 4.19. The second-order valence-electron chi connectivity index (χ2n) is 9.10. The molecule has 3 aromatic rings. The lowest BCUT2D eigenvalue weighted by Gasteiger charge is -2.28. The maximum atomic E-state index is 12.7. The Bertz CT molecular complexity index is 1530. The van der Waals surface area contributed by atoms with Crippen LogP contribution in [0.3, 0.4) is 0 Å². The molecule has 4 N–H and O–H groups in total. The molecule has 0 radical (unpaired) electrons. The smallest absolute Gasteiger partial charge is 0.323 e. The summed E-state index contributed by atoms with van der Waals surface area (Å²) in [4.78, 5) is 27.2. The monoisotopic (exact) mass is 567 g/mol. The molecule has 2 aromatic carbocycles. The first kappa shape index (κ1) is 26.8. The first-order chi connectivity index (χ1) is 18.7. The molecule has 13 heteroatoms. The fourth-order valence-corrected chi connectivity index (χ4v) is 5.95. The van der Waals surface area contributed by atoms with E-state index >= 15 is 0 Å². The summed E-state index contributed by atoms with van der Waals surface area (Å²) in [5, 5.41) is 6.48. The van der Waals surface area contributed by atoms with Crippen LogP contribution in [0.15, 0.2) is 64.5 Å². The Labute approximate surface area is 230 Å². The number of sulfone groups is 1. The number of carbonyl (C=O) groups excluding carboxylic acids is 1. The first-order valence-corrected chi connectivity index (χ1v) is 14.9. The van der Waals surface area contributed by atoms with Gasteiger partial charge in [-0.3, -0.25) is 10.7 Å². The van der Waals surface area contributed by atoms with Crippen molar-refractivity contribution in [2.75, 3.05) is 55.1 Å². The molecule has 0 spiro atoms. The van der Waals surface area contributed by atoms with Crippen molar-refractivity contribution in [2.24, 2.45) is 10.7 Å². The van der Waals surface area contributed by atoms with E-state index in [-0.39, 0.29) is 4.90 Å². The number of urea groups is 1. The van der Waals surface area contributed by atoms with Crippen molar-refractivity contribution < 1.29 is 17.9 Å². The SMILES string of the molecule is CN1C(c2nc(N3CCOCC3)sc2-c2cccc(NC(=O)Nc3ccc(S(C)(=O)=O)cc3)c2)=CC=NC1N. The van der Waals surface area contributed by atoms with Crippen molar-refractivity contribution in [1.29, 1.82) is 0 Å². The van der Waals surface area contributed by atoms with Gasteiger partial charge in [0.15, 0.2) is 21.3 Å². The van der Waals surface area contributed by atoms with Crippen LogP contribution in [0, 0.1) is 0 Å². The van der Waals surface area contributed by atoms with E-state index in [0.717, 1.165) is 46.3 Å². The predicted octanol–water partition coefficient (Wildman–Crippen LogP) is 3.29. The highest BCUT2D eigenvalue weighted by molar-refractivity contribution is 7.90. The number of hydrogen-bond acceptors (Lipinski definition) is 10. The molecule has 0 aliphatic carbocycles. The average molecular weight is 568 g/mol. The van der Waals surface area contributed by atoms with E-state index in [2.05, 4.69) is 20.5 Å². The average Bonchev–Trinajstić information content (AvgIpc) is 3.36. The molecule has 1 aromatic heterocycles. The number of rotatable bonds is 6. The van der Waals surface area contributed by atoms with Crippen molar-refractivity contribution >= 4 is 55.6 Å². The zero-order valence-electron chi connectivity index (χ0n) is 21.5. The molecule has 1 atom stereocenters. The van der Waals surface area contributed by atoms with Gasteiger partial charge < -0.3 is 25.2 Å². The van der Waals surface area contributed by atoms with E-state index in [9.17, 15) is 13.2 Å². The molecule has 0 bridgehead atoms. The minimum atomic E-state index is -3.31. The Morgan fingerprint density at radius 3 is 2.54 bits per heavy atom. The quantitative estimate of drug-likeness (QED) is 0.412. The fraction of sp³-hybridized carbons (Fsp3) is 0.269. The van der Waals surface area contributed by atoms with Crippen molar-refractivity contribution in [3.63, 3.8) is 0 Å². The highest BCUT2D eigenvalue weighted by atomic mass is 32.2. The summed E-state index contributed by atoms with van der Waals surface area (Å²) in [5.74, 6) is 0. The normalized spacial score (nSPS) is 17.6. The molecule has 2 aliphatic rings. The summed E-state index contributed by atoms with van der Waals surface area (Å²) in [7, 11) is -1.43. The highest BCUT2D eigenvalue weighted by Crippen LogP contribution is 2.40. The summed E-state index contributed by atoms with van der Waals surface area (Å²) in [5.41, 5.74) is 9.77. The van der Waals surface area contributed by atoms with E-state index in [0.29, 0.717) is 24.6 Å². The molecular formula is C26H29N7O4S2. The third kappa shape index (κ3) is 6.11. The molecule has 204 valence electrons. The highest BCUT2D eigenvalue weighted by Gasteiger charge is 2.26. The van der Waals surface area contributed by atoms with Crippen LogP contribution in [-0.2, 0) is 14.6 Å². The van der Waals surface area contributed by atoms with Gasteiger partial charge in [-0.1, -0.05) is 23.5 Å². The van der Waals surface area contributed by atoms with Gasteiger partial charge in [-0.25, -0.2) is 18.2 Å². The number of morpholine rings is 1. The number of amides is 2. The molecule has 39 heavy (non-hydrogen) atoms. The van der Waals surface area contributed by atoms with Gasteiger partial charge >= 0.3 is 6.03 Å². The maximum Gasteiger partial charge on any atom is 0.323 e. The molecule has 11 nitrogen and oxygen atoms in total. The lowest BCUT2D eigenvalue weighted by molar-refractivity contribution is 0.122. The van der Waals surface area contributed by atoms with Gasteiger partial charge in [0.1, 0.15) is 5.69 Å². The largest absolute Gasteiger partial charge is 0.378 e. The minimum absolute atomic E-state index is 0.184. The summed E-state index contributed by atoms with van der Waals surface area (Å²) in [6, 6.07) is 13.1. The van der Waals surface area contributed by atoms with Crippen LogP contribution in [0.5, 0.6) is 0 Å². The van der Waals surface area contributed by atoms with E-state index in [1.165, 1.54) is 12.1 Å². The number of benzene rings is 2. The van der Waals surface area contributed by atoms with Crippen LogP contribution in [0.4, 0.5) is 21.3 Å². The number of aliphatic imine (C=N–C) groups is 1. The Balaban J connectivity index is 1.40. The molecule has 1 saturated heterocycles. The Kier molecular flexibility index (Phi) is 7.66. The summed E-state index contributed by atoms with van der Waals surface area (Å²) < 4.78 is 28.9. The molecule has 3 heterocycles. The number of nitrogens with one attached hydrogen (secondary N) is 2. The number of anilines is 3. The molecule has 2 aliphatic heterocycles. The van der Waals surface area contributed by atoms with Crippen LogP contribution >= 0.6 is 11.3 Å². The molecule has 1 unspecified atom stereocenters. The summed E-state index contributed by atoms with van der Waals surface area (Å²) in [6.07, 6.45) is 4.23. The van der Waals surface area contributed by atoms with Crippen LogP contribution < -0.4 is 21.3 Å². The molecular weight excluding hydrogens is 538 g/mol. The summed E-state index contributed by atoms with van der Waals surface area (Å²) in [6.45, 7) is 2.82. The molecule has 0 saturated carbocycles. The van der Waals surface area contributed by atoms with Crippen LogP contribution in [0.25, 0.3) is 16.1 Å². The zero-order chi connectivity index (χ0) is 27.6. The van der Waals surface area contributed by atoms with Crippen LogP contribution in [0.2, 0.25) is 0 Å². The van der Waals surface area contributed by atoms with E-state index in [1.54, 1.807) is 35.8 Å². The predicted molar refractivity (Wildman–Crippen MR) is 155 cm³/mol. The van der Waals surface area contributed by atoms with Gasteiger partial charge in [0, 0.05) is 44.0 Å².